The van der Waals surface area contributed by atoms with Gasteiger partial charge in [-0.2, -0.15) is 0 Å². The molecule has 182 valence electrons. The molecule has 5 nitrogen and oxygen atoms in total. The van der Waals surface area contributed by atoms with Gasteiger partial charge in [0.05, 0.1) is 17.6 Å². The number of pyridine rings is 2. The minimum absolute atomic E-state index is 0.0852. The summed E-state index contributed by atoms with van der Waals surface area (Å²) in [6.07, 6.45) is 8.81. The van der Waals surface area contributed by atoms with Gasteiger partial charge in [-0.15, -0.1) is 0 Å². The van der Waals surface area contributed by atoms with Crippen molar-refractivity contribution in [2.24, 2.45) is 5.41 Å². The summed E-state index contributed by atoms with van der Waals surface area (Å²) in [5.41, 5.74) is 2.18. The fourth-order valence-electron chi connectivity index (χ4n) is 4.98. The molecule has 1 saturated heterocycles. The van der Waals surface area contributed by atoms with E-state index in [0.717, 1.165) is 45.3 Å². The number of hydrogen-bond acceptors (Lipinski definition) is 5. The van der Waals surface area contributed by atoms with E-state index in [9.17, 15) is 5.11 Å². The SMILES string of the molecule is COc1ccc2ncc(Cl)c([C@H](F)CCC3(CO)CCN(CCCc4cccnc4)CC3)c2c1. The van der Waals surface area contributed by atoms with Crippen molar-refractivity contribution in [2.45, 2.75) is 44.7 Å². The summed E-state index contributed by atoms with van der Waals surface area (Å²) < 4.78 is 20.9. The Morgan fingerprint density at radius 2 is 2.06 bits per heavy atom. The first-order chi connectivity index (χ1) is 16.5. The van der Waals surface area contributed by atoms with Crippen LogP contribution in [0.5, 0.6) is 5.75 Å². The third kappa shape index (κ3) is 5.85. The van der Waals surface area contributed by atoms with Gasteiger partial charge in [-0.3, -0.25) is 9.97 Å². The molecule has 3 heterocycles. The number of nitrogens with zero attached hydrogens (tertiary/aromatic N) is 3. The van der Waals surface area contributed by atoms with Crippen molar-refractivity contribution in [3.8, 4) is 5.75 Å². The van der Waals surface area contributed by atoms with Crippen LogP contribution in [-0.2, 0) is 6.42 Å². The van der Waals surface area contributed by atoms with Crippen molar-refractivity contribution in [2.75, 3.05) is 33.4 Å². The Kier molecular flexibility index (Phi) is 8.35. The Labute approximate surface area is 205 Å². The predicted molar refractivity (Wildman–Crippen MR) is 134 cm³/mol. The second kappa shape index (κ2) is 11.4. The normalized spacial score (nSPS) is 17.1. The molecule has 1 aromatic carbocycles. The first-order valence-corrected chi connectivity index (χ1v) is 12.4. The first-order valence-electron chi connectivity index (χ1n) is 12.0. The Bertz CT molecular complexity index is 1070. The topological polar surface area (TPSA) is 58.5 Å². The molecule has 0 aliphatic carbocycles. The first kappa shape index (κ1) is 24.8. The Balaban J connectivity index is 1.34. The van der Waals surface area contributed by atoms with Crippen LogP contribution in [0.15, 0.2) is 48.9 Å². The second-order valence-electron chi connectivity index (χ2n) is 9.37. The highest BCUT2D eigenvalue weighted by Gasteiger charge is 2.35. The van der Waals surface area contributed by atoms with Crippen LogP contribution in [0, 0.1) is 5.41 Å². The Morgan fingerprint density at radius 1 is 1.24 bits per heavy atom. The molecule has 1 fully saturated rings. The molecule has 3 aromatic rings. The van der Waals surface area contributed by atoms with Crippen molar-refractivity contribution < 1.29 is 14.2 Å². The fraction of sp³-hybridized carbons (Fsp3) is 0.481. The number of likely N-dealkylation sites (tertiary alicyclic amines) is 1. The maximum absolute atomic E-state index is 15.6. The summed E-state index contributed by atoms with van der Waals surface area (Å²) in [6.45, 7) is 2.98. The van der Waals surface area contributed by atoms with E-state index in [4.69, 9.17) is 16.3 Å². The summed E-state index contributed by atoms with van der Waals surface area (Å²) in [5.74, 6) is 0.646. The summed E-state index contributed by atoms with van der Waals surface area (Å²) in [5, 5.41) is 11.2. The highest BCUT2D eigenvalue weighted by atomic mass is 35.5. The number of alkyl halides is 1. The standard InChI is InChI=1S/C27H33ClFN3O2/c1-34-21-6-7-25-22(16-21)26(23(28)18-31-25)24(29)8-9-27(19-33)10-14-32(15-11-27)13-3-5-20-4-2-12-30-17-20/h2,4,6-7,12,16-18,24,33H,3,5,8-11,13-15,19H2,1H3/t24-/m1/s1. The average molecular weight is 486 g/mol. The zero-order valence-electron chi connectivity index (χ0n) is 19.7. The summed E-state index contributed by atoms with van der Waals surface area (Å²) in [6, 6.07) is 9.51. The van der Waals surface area contributed by atoms with Crippen LogP contribution in [0.1, 0.15) is 49.4 Å². The molecule has 0 amide bonds. The van der Waals surface area contributed by atoms with E-state index in [1.165, 1.54) is 11.8 Å². The number of aliphatic hydroxyl groups is 1. The monoisotopic (exact) mass is 485 g/mol. The molecule has 0 saturated carbocycles. The van der Waals surface area contributed by atoms with Crippen LogP contribution in [0.2, 0.25) is 5.02 Å². The maximum atomic E-state index is 15.6. The molecule has 0 unspecified atom stereocenters. The number of fused-ring (bicyclic) bond motifs is 1. The predicted octanol–water partition coefficient (Wildman–Crippen LogP) is 5.79. The number of halogens is 2. The molecular formula is C27H33ClFN3O2. The van der Waals surface area contributed by atoms with Crippen molar-refractivity contribution in [3.63, 3.8) is 0 Å². The molecule has 0 bridgehead atoms. The number of piperidine rings is 1. The minimum Gasteiger partial charge on any atom is -0.497 e. The molecule has 34 heavy (non-hydrogen) atoms. The average Bonchev–Trinajstić information content (AvgIpc) is 2.88. The number of ether oxygens (including phenoxy) is 1. The number of hydrogen-bond donors (Lipinski definition) is 1. The smallest absolute Gasteiger partial charge is 0.127 e. The number of methoxy groups -OCH3 is 1. The van der Waals surface area contributed by atoms with Crippen molar-refractivity contribution in [3.05, 3.63) is 65.1 Å². The second-order valence-corrected chi connectivity index (χ2v) is 9.78. The van der Waals surface area contributed by atoms with Gasteiger partial charge in [0, 0.05) is 36.1 Å². The van der Waals surface area contributed by atoms with Gasteiger partial charge in [-0.1, -0.05) is 17.7 Å². The lowest BCUT2D eigenvalue weighted by Gasteiger charge is -2.41. The number of benzene rings is 1. The van der Waals surface area contributed by atoms with Crippen LogP contribution in [-0.4, -0.2) is 53.3 Å². The maximum Gasteiger partial charge on any atom is 0.127 e. The van der Waals surface area contributed by atoms with E-state index in [0.29, 0.717) is 40.1 Å². The number of aliphatic hydroxyl groups excluding tert-OH is 1. The van der Waals surface area contributed by atoms with Gasteiger partial charge in [0.25, 0.3) is 0 Å². The number of aryl methyl sites for hydroxylation is 1. The number of rotatable bonds is 10. The Hall–Kier alpha value is -2.28. The molecular weight excluding hydrogens is 453 g/mol. The molecule has 2 aromatic heterocycles. The van der Waals surface area contributed by atoms with Crippen LogP contribution >= 0.6 is 11.6 Å². The quantitative estimate of drug-likeness (QED) is 0.394. The summed E-state index contributed by atoms with van der Waals surface area (Å²) >= 11 is 6.39. The fourth-order valence-corrected chi connectivity index (χ4v) is 5.25. The molecule has 0 radical (unpaired) electrons. The molecule has 1 aliphatic heterocycles. The van der Waals surface area contributed by atoms with Crippen molar-refractivity contribution >= 4 is 22.5 Å². The van der Waals surface area contributed by atoms with Crippen LogP contribution in [0.25, 0.3) is 10.9 Å². The number of aromatic nitrogens is 2. The third-order valence-corrected chi connectivity index (χ3v) is 7.53. The highest BCUT2D eigenvalue weighted by molar-refractivity contribution is 6.32. The molecule has 7 heteroatoms. The van der Waals surface area contributed by atoms with Crippen LogP contribution in [0.3, 0.4) is 0 Å². The van der Waals surface area contributed by atoms with E-state index in [2.05, 4.69) is 20.9 Å². The van der Waals surface area contributed by atoms with E-state index >= 15 is 4.39 Å². The Morgan fingerprint density at radius 3 is 2.76 bits per heavy atom. The molecule has 1 atom stereocenters. The van der Waals surface area contributed by atoms with Gasteiger partial charge in [-0.05, 0) is 93.4 Å². The molecule has 0 spiro atoms. The highest BCUT2D eigenvalue weighted by Crippen LogP contribution is 2.41. The summed E-state index contributed by atoms with van der Waals surface area (Å²) in [7, 11) is 1.59. The van der Waals surface area contributed by atoms with Gasteiger partial charge >= 0.3 is 0 Å². The van der Waals surface area contributed by atoms with Gasteiger partial charge in [0.1, 0.15) is 11.9 Å². The van der Waals surface area contributed by atoms with Gasteiger partial charge in [0.2, 0.25) is 0 Å². The van der Waals surface area contributed by atoms with E-state index in [-0.39, 0.29) is 12.0 Å². The summed E-state index contributed by atoms with van der Waals surface area (Å²) in [4.78, 5) is 11.0. The van der Waals surface area contributed by atoms with Gasteiger partial charge in [-0.25, -0.2) is 4.39 Å². The van der Waals surface area contributed by atoms with Crippen LogP contribution < -0.4 is 4.74 Å². The minimum atomic E-state index is -1.23. The lowest BCUT2D eigenvalue weighted by Crippen LogP contribution is -2.42. The van der Waals surface area contributed by atoms with Gasteiger partial charge in [0.15, 0.2) is 0 Å². The van der Waals surface area contributed by atoms with E-state index < -0.39 is 6.17 Å². The third-order valence-electron chi connectivity index (χ3n) is 7.22. The van der Waals surface area contributed by atoms with Crippen LogP contribution in [0.4, 0.5) is 4.39 Å². The van der Waals surface area contributed by atoms with Gasteiger partial charge < -0.3 is 14.7 Å². The molecule has 1 N–H and O–H groups in total. The van der Waals surface area contributed by atoms with E-state index in [1.807, 2.05) is 24.4 Å². The van der Waals surface area contributed by atoms with E-state index in [1.54, 1.807) is 19.4 Å². The lowest BCUT2D eigenvalue weighted by atomic mass is 9.74. The largest absolute Gasteiger partial charge is 0.497 e. The van der Waals surface area contributed by atoms with Crippen molar-refractivity contribution in [1.82, 2.24) is 14.9 Å². The molecule has 1 aliphatic rings. The van der Waals surface area contributed by atoms with Crippen molar-refractivity contribution in [1.29, 1.82) is 0 Å². The lowest BCUT2D eigenvalue weighted by molar-refractivity contribution is 0.0300. The zero-order chi connectivity index (χ0) is 24.0. The molecule has 4 rings (SSSR count). The zero-order valence-corrected chi connectivity index (χ0v) is 20.5.